The van der Waals surface area contributed by atoms with E-state index in [1.807, 2.05) is 0 Å². The van der Waals surface area contributed by atoms with E-state index in [0.29, 0.717) is 11.3 Å². The summed E-state index contributed by atoms with van der Waals surface area (Å²) in [5.41, 5.74) is 0.486. The summed E-state index contributed by atoms with van der Waals surface area (Å²) in [6.07, 6.45) is 2.00. The molecule has 0 saturated heterocycles. The highest BCUT2D eigenvalue weighted by atomic mass is 16.3. The minimum absolute atomic E-state index is 0.258. The van der Waals surface area contributed by atoms with Crippen molar-refractivity contribution in [1.82, 2.24) is 0 Å². The van der Waals surface area contributed by atoms with Gasteiger partial charge in [-0.2, -0.15) is 0 Å². The Hall–Kier alpha value is -0.0400. The first-order valence-electron chi connectivity index (χ1n) is 4.69. The fraction of sp³-hybridized carbons (Fsp3) is 1.00. The molecule has 63 valence electrons. The maximum atomic E-state index is 11.4. The molecule has 0 aromatic heterocycles. The normalized spacial score (nSPS) is 53.5. The smallest absolute Gasteiger partial charge is 0.0961 e. The molecule has 3 saturated carbocycles. The zero-order valence-electron chi connectivity index (χ0n) is 7.63. The average Bonchev–Trinajstić information content (AvgIpc) is 1.93. The van der Waals surface area contributed by atoms with Gasteiger partial charge in [-0.05, 0) is 36.0 Å². The summed E-state index contributed by atoms with van der Waals surface area (Å²) in [6, 6.07) is 0. The zero-order valence-corrected chi connectivity index (χ0v) is 7.63. The molecule has 2 bridgehead atoms. The van der Waals surface area contributed by atoms with E-state index in [9.17, 15) is 5.11 Å². The van der Waals surface area contributed by atoms with Crippen LogP contribution in [-0.2, 0) is 5.11 Å². The molecule has 1 radical (unpaired) electrons. The molecule has 0 heterocycles. The number of rotatable bonds is 0. The topological polar surface area (TPSA) is 19.9 Å². The van der Waals surface area contributed by atoms with Crippen LogP contribution >= 0.6 is 0 Å². The monoisotopic (exact) mass is 153 g/mol. The molecule has 0 N–H and O–H groups in total. The molecule has 3 aliphatic carbocycles. The fourth-order valence-electron chi connectivity index (χ4n) is 3.10. The van der Waals surface area contributed by atoms with Crippen LogP contribution in [0.25, 0.3) is 0 Å². The third-order valence-corrected chi connectivity index (χ3v) is 4.28. The maximum absolute atomic E-state index is 11.4. The summed E-state index contributed by atoms with van der Waals surface area (Å²) in [7, 11) is 0. The van der Waals surface area contributed by atoms with Gasteiger partial charge in [0, 0.05) is 0 Å². The summed E-state index contributed by atoms with van der Waals surface area (Å²) >= 11 is 0. The van der Waals surface area contributed by atoms with Crippen LogP contribution in [0.3, 0.4) is 0 Å². The van der Waals surface area contributed by atoms with Crippen LogP contribution in [0.15, 0.2) is 0 Å². The molecule has 3 aliphatic rings. The van der Waals surface area contributed by atoms with Crippen LogP contribution < -0.4 is 0 Å². The minimum Gasteiger partial charge on any atom is -0.233 e. The van der Waals surface area contributed by atoms with E-state index in [1.165, 1.54) is 6.42 Å². The second-order valence-corrected chi connectivity index (χ2v) is 4.99. The molecule has 0 aliphatic heterocycles. The van der Waals surface area contributed by atoms with Crippen molar-refractivity contribution >= 4 is 0 Å². The number of hydrogen-bond donors (Lipinski definition) is 0. The molecule has 0 spiro atoms. The lowest BCUT2D eigenvalue weighted by Crippen LogP contribution is -2.56. The second-order valence-electron chi connectivity index (χ2n) is 4.99. The maximum Gasteiger partial charge on any atom is 0.0961 e. The standard InChI is InChI=1S/C10H17O/c1-6-8-4-7(5-9(6)11)10(8,2)3/h6-9H,4-5H2,1-3H3. The van der Waals surface area contributed by atoms with Crippen LogP contribution in [0.4, 0.5) is 0 Å². The van der Waals surface area contributed by atoms with Gasteiger partial charge in [0.1, 0.15) is 0 Å². The van der Waals surface area contributed by atoms with Gasteiger partial charge in [0.2, 0.25) is 0 Å². The van der Waals surface area contributed by atoms with Crippen LogP contribution in [0.5, 0.6) is 0 Å². The molecule has 3 rings (SSSR count). The van der Waals surface area contributed by atoms with Gasteiger partial charge in [0.25, 0.3) is 0 Å². The third kappa shape index (κ3) is 0.807. The first kappa shape index (κ1) is 7.60. The quantitative estimate of drug-likeness (QED) is 0.509. The Morgan fingerprint density at radius 1 is 1.27 bits per heavy atom. The minimum atomic E-state index is -0.258. The van der Waals surface area contributed by atoms with E-state index < -0.39 is 0 Å². The van der Waals surface area contributed by atoms with E-state index >= 15 is 0 Å². The van der Waals surface area contributed by atoms with Crippen molar-refractivity contribution in [3.8, 4) is 0 Å². The van der Waals surface area contributed by atoms with Crippen LogP contribution in [0.1, 0.15) is 33.6 Å². The van der Waals surface area contributed by atoms with Crippen molar-refractivity contribution in [2.75, 3.05) is 0 Å². The van der Waals surface area contributed by atoms with E-state index in [-0.39, 0.29) is 6.10 Å². The summed E-state index contributed by atoms with van der Waals surface area (Å²) in [6.45, 7) is 6.79. The van der Waals surface area contributed by atoms with Gasteiger partial charge in [-0.1, -0.05) is 20.8 Å². The van der Waals surface area contributed by atoms with Crippen molar-refractivity contribution in [3.05, 3.63) is 0 Å². The summed E-state index contributed by atoms with van der Waals surface area (Å²) in [4.78, 5) is 0. The van der Waals surface area contributed by atoms with Crippen molar-refractivity contribution in [3.63, 3.8) is 0 Å². The van der Waals surface area contributed by atoms with E-state index in [1.54, 1.807) is 0 Å². The number of fused-ring (bicyclic) bond motifs is 2. The van der Waals surface area contributed by atoms with Gasteiger partial charge in [-0.15, -0.1) is 0 Å². The van der Waals surface area contributed by atoms with Crippen molar-refractivity contribution in [2.45, 2.75) is 39.7 Å². The highest BCUT2D eigenvalue weighted by Gasteiger charge is 2.56. The van der Waals surface area contributed by atoms with Gasteiger partial charge in [0.05, 0.1) is 6.10 Å². The lowest BCUT2D eigenvalue weighted by Gasteiger charge is -2.60. The first-order chi connectivity index (χ1) is 5.03. The SMILES string of the molecule is CC1C([O])CC2CC1C2(C)C. The van der Waals surface area contributed by atoms with E-state index in [4.69, 9.17) is 0 Å². The van der Waals surface area contributed by atoms with Gasteiger partial charge >= 0.3 is 0 Å². The lowest BCUT2D eigenvalue weighted by atomic mass is 9.45. The molecule has 4 unspecified atom stereocenters. The molecule has 1 heteroatoms. The highest BCUT2D eigenvalue weighted by molar-refractivity contribution is 5.04. The fourth-order valence-corrected chi connectivity index (χ4v) is 3.10. The molecule has 0 amide bonds. The Labute approximate surface area is 68.8 Å². The van der Waals surface area contributed by atoms with Crippen molar-refractivity contribution in [1.29, 1.82) is 0 Å². The van der Waals surface area contributed by atoms with Crippen LogP contribution in [0, 0.1) is 23.2 Å². The average molecular weight is 153 g/mol. The summed E-state index contributed by atoms with van der Waals surface area (Å²) in [5.74, 6) is 1.89. The molecule has 11 heavy (non-hydrogen) atoms. The van der Waals surface area contributed by atoms with Gasteiger partial charge in [-0.3, -0.25) is 0 Å². The Morgan fingerprint density at radius 3 is 2.27 bits per heavy atom. The van der Waals surface area contributed by atoms with Crippen LogP contribution in [-0.4, -0.2) is 6.10 Å². The van der Waals surface area contributed by atoms with Gasteiger partial charge in [0.15, 0.2) is 0 Å². The Morgan fingerprint density at radius 2 is 1.91 bits per heavy atom. The molecule has 4 atom stereocenters. The summed E-state index contributed by atoms with van der Waals surface area (Å²) < 4.78 is 0. The van der Waals surface area contributed by atoms with Gasteiger partial charge in [-0.25, -0.2) is 5.11 Å². The van der Waals surface area contributed by atoms with Gasteiger partial charge < -0.3 is 0 Å². The predicted octanol–water partition coefficient (Wildman–Crippen LogP) is 2.49. The first-order valence-corrected chi connectivity index (χ1v) is 4.69. The van der Waals surface area contributed by atoms with E-state index in [2.05, 4.69) is 20.8 Å². The molecule has 0 aromatic carbocycles. The zero-order chi connectivity index (χ0) is 8.22. The van der Waals surface area contributed by atoms with E-state index in [0.717, 1.165) is 18.3 Å². The van der Waals surface area contributed by atoms with Crippen molar-refractivity contribution < 1.29 is 5.11 Å². The largest absolute Gasteiger partial charge is 0.233 e. The molecule has 1 nitrogen and oxygen atoms in total. The predicted molar refractivity (Wildman–Crippen MR) is 43.6 cm³/mol. The Bertz CT molecular complexity index is 174. The molecular formula is C10H17O. The van der Waals surface area contributed by atoms with Crippen LogP contribution in [0.2, 0.25) is 0 Å². The molecular weight excluding hydrogens is 136 g/mol. The molecule has 3 fully saturated rings. The second kappa shape index (κ2) is 2.01. The van der Waals surface area contributed by atoms with Crippen molar-refractivity contribution in [2.24, 2.45) is 23.2 Å². The third-order valence-electron chi connectivity index (χ3n) is 4.28. The lowest BCUT2D eigenvalue weighted by molar-refractivity contribution is -0.171. The highest BCUT2D eigenvalue weighted by Crippen LogP contribution is 2.61. The Kier molecular flexibility index (Phi) is 1.39. The Balaban J connectivity index is 2.17. The summed E-state index contributed by atoms with van der Waals surface area (Å²) in [5, 5.41) is 11.4. The number of hydrogen-bond acceptors (Lipinski definition) is 0. The molecule has 0 aromatic rings.